The smallest absolute Gasteiger partial charge is 0.351 e. The molecule has 0 amide bonds. The molecule has 7 heteroatoms. The zero-order chi connectivity index (χ0) is 9.07. The first-order valence-electron chi connectivity index (χ1n) is 2.75. The highest BCUT2D eigenvalue weighted by Gasteiger charge is 2.42. The third kappa shape index (κ3) is 1.70. The molecule has 0 aromatic rings. The first kappa shape index (κ1) is 9.95. The fourth-order valence-electron chi connectivity index (χ4n) is 0.402. The minimum Gasteiger partial charge on any atom is -0.478 e. The number of hydrogen-bond acceptors (Lipinski definition) is 6. The van der Waals surface area contributed by atoms with Crippen LogP contribution in [0.1, 0.15) is 6.92 Å². The molecule has 5 N–H and O–H groups in total. The summed E-state index contributed by atoms with van der Waals surface area (Å²) in [6, 6.07) is -1.14. The van der Waals surface area contributed by atoms with E-state index in [1.54, 1.807) is 0 Å². The van der Waals surface area contributed by atoms with E-state index in [4.69, 9.17) is 16.0 Å². The summed E-state index contributed by atoms with van der Waals surface area (Å²) in [5.74, 6) is -1.60. The normalized spacial score (nSPS) is 18.5. The highest BCUT2D eigenvalue weighted by molar-refractivity contribution is 5.79. The standard InChI is InChI=1S/C4H9N3O4/c1-2(6-10)4(5,7-11)3(8)9/h2,6,10H,5H2,1H3,(H,8,9). The Kier molecular flexibility index (Phi) is 3.05. The van der Waals surface area contributed by atoms with Crippen molar-refractivity contribution in [2.75, 3.05) is 0 Å². The van der Waals surface area contributed by atoms with Gasteiger partial charge >= 0.3 is 5.97 Å². The second-order valence-electron chi connectivity index (χ2n) is 2.07. The summed E-state index contributed by atoms with van der Waals surface area (Å²) >= 11 is 0. The molecule has 0 saturated heterocycles. The Hall–Kier alpha value is -1.05. The number of nitroso groups, excluding NO2 is 1. The number of hydroxylamine groups is 1. The molecule has 0 aliphatic carbocycles. The topological polar surface area (TPSA) is 125 Å². The summed E-state index contributed by atoms with van der Waals surface area (Å²) in [5, 5.41) is 18.8. The van der Waals surface area contributed by atoms with Crippen molar-refractivity contribution in [3.63, 3.8) is 0 Å². The number of carboxylic acid groups (broad SMARTS) is 1. The van der Waals surface area contributed by atoms with Gasteiger partial charge in [0.05, 0.1) is 6.04 Å². The Morgan fingerprint density at radius 2 is 2.27 bits per heavy atom. The van der Waals surface area contributed by atoms with Gasteiger partial charge in [0.1, 0.15) is 0 Å². The second-order valence-corrected chi connectivity index (χ2v) is 2.07. The van der Waals surface area contributed by atoms with Crippen LogP contribution in [0.3, 0.4) is 0 Å². The summed E-state index contributed by atoms with van der Waals surface area (Å²) < 4.78 is 0. The number of carbonyl (C=O) groups is 1. The molecule has 0 aromatic carbocycles. The van der Waals surface area contributed by atoms with Crippen LogP contribution in [0.2, 0.25) is 0 Å². The van der Waals surface area contributed by atoms with E-state index in [1.807, 2.05) is 0 Å². The Morgan fingerprint density at radius 1 is 1.82 bits per heavy atom. The van der Waals surface area contributed by atoms with Crippen molar-refractivity contribution in [3.05, 3.63) is 4.91 Å². The fraction of sp³-hybridized carbons (Fsp3) is 0.750. The van der Waals surface area contributed by atoms with E-state index in [9.17, 15) is 9.70 Å². The summed E-state index contributed by atoms with van der Waals surface area (Å²) in [5.41, 5.74) is 4.21. The zero-order valence-corrected chi connectivity index (χ0v) is 5.81. The van der Waals surface area contributed by atoms with Crippen LogP contribution in [0, 0.1) is 4.91 Å². The van der Waals surface area contributed by atoms with Gasteiger partial charge in [0, 0.05) is 0 Å². The lowest BCUT2D eigenvalue weighted by molar-refractivity contribution is -0.145. The number of nitrogens with two attached hydrogens (primary N) is 1. The summed E-state index contributed by atoms with van der Waals surface area (Å²) in [6.45, 7) is 1.22. The Labute approximate surface area is 62.1 Å². The molecule has 64 valence electrons. The third-order valence-corrected chi connectivity index (χ3v) is 1.35. The Bertz CT molecular complexity index is 173. The van der Waals surface area contributed by atoms with E-state index in [0.29, 0.717) is 0 Å². The Balaban J connectivity index is 4.58. The van der Waals surface area contributed by atoms with E-state index in [2.05, 4.69) is 5.18 Å². The summed E-state index contributed by atoms with van der Waals surface area (Å²) in [6.07, 6.45) is 0. The van der Waals surface area contributed by atoms with E-state index in [1.165, 1.54) is 12.4 Å². The van der Waals surface area contributed by atoms with Gasteiger partial charge in [-0.3, -0.25) is 5.73 Å². The number of nitrogens with zero attached hydrogens (tertiary/aromatic N) is 1. The van der Waals surface area contributed by atoms with Gasteiger partial charge in [-0.2, -0.15) is 5.48 Å². The maximum absolute atomic E-state index is 10.3. The first-order valence-corrected chi connectivity index (χ1v) is 2.75. The van der Waals surface area contributed by atoms with Crippen molar-refractivity contribution in [1.29, 1.82) is 0 Å². The molecule has 11 heavy (non-hydrogen) atoms. The number of aliphatic carboxylic acids is 1. The molecular formula is C4H9N3O4. The third-order valence-electron chi connectivity index (χ3n) is 1.35. The lowest BCUT2D eigenvalue weighted by atomic mass is 10.1. The average Bonchev–Trinajstić information content (AvgIpc) is 2.01. The van der Waals surface area contributed by atoms with Gasteiger partial charge in [0.25, 0.3) is 5.66 Å². The van der Waals surface area contributed by atoms with Gasteiger partial charge in [0.15, 0.2) is 0 Å². The zero-order valence-electron chi connectivity index (χ0n) is 5.81. The Morgan fingerprint density at radius 3 is 2.36 bits per heavy atom. The van der Waals surface area contributed by atoms with Gasteiger partial charge in [-0.25, -0.2) is 4.79 Å². The predicted octanol–water partition coefficient (Wildman–Crippen LogP) is -1.14. The highest BCUT2D eigenvalue weighted by atomic mass is 16.5. The minimum atomic E-state index is -2.32. The lowest BCUT2D eigenvalue weighted by Gasteiger charge is -2.21. The molecule has 2 unspecified atom stereocenters. The SMILES string of the molecule is CC(NO)C(N)(N=O)C(=O)O. The molecule has 0 rings (SSSR count). The number of hydrogen-bond donors (Lipinski definition) is 4. The van der Waals surface area contributed by atoms with Crippen LogP contribution in [0.15, 0.2) is 5.18 Å². The van der Waals surface area contributed by atoms with Crippen molar-refractivity contribution in [2.45, 2.75) is 18.6 Å². The average molecular weight is 163 g/mol. The molecule has 7 nitrogen and oxygen atoms in total. The second kappa shape index (κ2) is 3.37. The minimum absolute atomic E-state index is 1.14. The van der Waals surface area contributed by atoms with E-state index in [-0.39, 0.29) is 0 Å². The quantitative estimate of drug-likeness (QED) is 0.306. The van der Waals surface area contributed by atoms with Gasteiger partial charge < -0.3 is 10.3 Å². The van der Waals surface area contributed by atoms with E-state index >= 15 is 0 Å². The van der Waals surface area contributed by atoms with Crippen LogP contribution in [0.4, 0.5) is 0 Å². The van der Waals surface area contributed by atoms with Crippen molar-refractivity contribution >= 4 is 5.97 Å². The predicted molar refractivity (Wildman–Crippen MR) is 34.7 cm³/mol. The van der Waals surface area contributed by atoms with Crippen LogP contribution in [0.25, 0.3) is 0 Å². The molecular weight excluding hydrogens is 154 g/mol. The van der Waals surface area contributed by atoms with E-state index < -0.39 is 17.7 Å². The molecule has 2 atom stereocenters. The van der Waals surface area contributed by atoms with Gasteiger partial charge in [-0.1, -0.05) is 0 Å². The molecule has 0 aromatic heterocycles. The van der Waals surface area contributed by atoms with Crippen LogP contribution in [-0.4, -0.2) is 28.0 Å². The molecule has 0 bridgehead atoms. The van der Waals surface area contributed by atoms with Gasteiger partial charge in [-0.05, 0) is 12.1 Å². The van der Waals surface area contributed by atoms with E-state index in [0.717, 1.165) is 0 Å². The van der Waals surface area contributed by atoms with Crippen LogP contribution < -0.4 is 11.2 Å². The molecule has 0 aliphatic rings. The van der Waals surface area contributed by atoms with Crippen LogP contribution >= 0.6 is 0 Å². The molecule has 0 aliphatic heterocycles. The number of nitrogens with one attached hydrogen (secondary N) is 1. The van der Waals surface area contributed by atoms with Crippen molar-refractivity contribution < 1.29 is 15.1 Å². The summed E-state index contributed by atoms with van der Waals surface area (Å²) in [7, 11) is 0. The van der Waals surface area contributed by atoms with Crippen molar-refractivity contribution in [1.82, 2.24) is 5.48 Å². The maximum atomic E-state index is 10.3. The monoisotopic (exact) mass is 163 g/mol. The van der Waals surface area contributed by atoms with Gasteiger partial charge in [-0.15, -0.1) is 4.91 Å². The molecule has 0 radical (unpaired) electrons. The maximum Gasteiger partial charge on any atom is 0.351 e. The highest BCUT2D eigenvalue weighted by Crippen LogP contribution is 2.07. The molecule has 0 fully saturated rings. The van der Waals surface area contributed by atoms with Crippen molar-refractivity contribution in [3.8, 4) is 0 Å². The largest absolute Gasteiger partial charge is 0.478 e. The fourth-order valence-corrected chi connectivity index (χ4v) is 0.402. The van der Waals surface area contributed by atoms with Gasteiger partial charge in [0.2, 0.25) is 0 Å². The molecule has 0 heterocycles. The lowest BCUT2D eigenvalue weighted by Crippen LogP contribution is -2.59. The van der Waals surface area contributed by atoms with Crippen LogP contribution in [-0.2, 0) is 4.79 Å². The number of carboxylic acids is 1. The molecule has 0 spiro atoms. The van der Waals surface area contributed by atoms with Crippen LogP contribution in [0.5, 0.6) is 0 Å². The summed E-state index contributed by atoms with van der Waals surface area (Å²) in [4.78, 5) is 20.2. The number of rotatable bonds is 4. The van der Waals surface area contributed by atoms with Crippen molar-refractivity contribution in [2.24, 2.45) is 10.9 Å². The molecule has 0 saturated carbocycles. The first-order chi connectivity index (χ1) is 4.99.